The molecule has 1 saturated heterocycles. The minimum atomic E-state index is -0.726. The third-order valence-corrected chi connectivity index (χ3v) is 4.35. The highest BCUT2D eigenvalue weighted by Gasteiger charge is 2.52. The van der Waals surface area contributed by atoms with Crippen molar-refractivity contribution in [2.24, 2.45) is 23.2 Å². The number of likely N-dealkylation sites (tertiary alicyclic amines) is 1. The maximum atomic E-state index is 12.2. The Kier molecular flexibility index (Phi) is 2.92. The molecule has 3 unspecified atom stereocenters. The molecule has 1 aliphatic carbocycles. The molecule has 4 nitrogen and oxygen atoms in total. The maximum Gasteiger partial charge on any atom is 0.306 e. The summed E-state index contributed by atoms with van der Waals surface area (Å²) in [4.78, 5) is 25.0. The van der Waals surface area contributed by atoms with Crippen LogP contribution < -0.4 is 0 Å². The molecule has 0 bridgehead atoms. The van der Waals surface area contributed by atoms with E-state index in [0.29, 0.717) is 19.5 Å². The molecule has 0 aromatic carbocycles. The van der Waals surface area contributed by atoms with E-state index in [2.05, 4.69) is 13.8 Å². The third-order valence-electron chi connectivity index (χ3n) is 4.35. The van der Waals surface area contributed by atoms with E-state index in [4.69, 9.17) is 5.11 Å². The first-order valence-electron chi connectivity index (χ1n) is 6.34. The highest BCUT2D eigenvalue weighted by molar-refractivity contribution is 5.83. The Bertz CT molecular complexity index is 351. The molecule has 3 atom stereocenters. The molecule has 0 aromatic heterocycles. The van der Waals surface area contributed by atoms with Gasteiger partial charge in [0.15, 0.2) is 0 Å². The van der Waals surface area contributed by atoms with Crippen LogP contribution in [0, 0.1) is 23.2 Å². The lowest BCUT2D eigenvalue weighted by atomic mass is 9.87. The van der Waals surface area contributed by atoms with Crippen LogP contribution in [-0.4, -0.2) is 35.0 Å². The standard InChI is InChI=1S/C13H21NO3/c1-8-7-14(5-4-9(8)12(16)17)11(15)10-6-13(10,2)3/h8-10H,4-7H2,1-3H3,(H,16,17). The average Bonchev–Trinajstić information content (AvgIpc) is 2.86. The van der Waals surface area contributed by atoms with Crippen LogP contribution in [0.5, 0.6) is 0 Å². The normalized spacial score (nSPS) is 35.5. The summed E-state index contributed by atoms with van der Waals surface area (Å²) in [6.45, 7) is 7.36. The predicted octanol–water partition coefficient (Wildman–Crippen LogP) is 1.60. The van der Waals surface area contributed by atoms with Gasteiger partial charge >= 0.3 is 5.97 Å². The van der Waals surface area contributed by atoms with E-state index in [1.165, 1.54) is 0 Å². The summed E-state index contributed by atoms with van der Waals surface area (Å²) in [5.41, 5.74) is 0.157. The van der Waals surface area contributed by atoms with Crippen LogP contribution in [-0.2, 0) is 9.59 Å². The quantitative estimate of drug-likeness (QED) is 0.796. The van der Waals surface area contributed by atoms with Crippen molar-refractivity contribution in [2.75, 3.05) is 13.1 Å². The molecule has 0 radical (unpaired) electrons. The molecule has 1 N–H and O–H groups in total. The third kappa shape index (κ3) is 2.31. The maximum absolute atomic E-state index is 12.2. The molecule has 0 spiro atoms. The number of hydrogen-bond acceptors (Lipinski definition) is 2. The number of nitrogens with zero attached hydrogens (tertiary/aromatic N) is 1. The summed E-state index contributed by atoms with van der Waals surface area (Å²) in [6.07, 6.45) is 1.56. The van der Waals surface area contributed by atoms with Gasteiger partial charge < -0.3 is 10.0 Å². The van der Waals surface area contributed by atoms with Gasteiger partial charge in [-0.15, -0.1) is 0 Å². The second-order valence-corrected chi connectivity index (χ2v) is 6.24. The van der Waals surface area contributed by atoms with Gasteiger partial charge in [0, 0.05) is 19.0 Å². The smallest absolute Gasteiger partial charge is 0.306 e. The van der Waals surface area contributed by atoms with E-state index < -0.39 is 5.97 Å². The van der Waals surface area contributed by atoms with Gasteiger partial charge in [-0.2, -0.15) is 0 Å². The van der Waals surface area contributed by atoms with Gasteiger partial charge in [-0.3, -0.25) is 9.59 Å². The van der Waals surface area contributed by atoms with Crippen molar-refractivity contribution in [3.63, 3.8) is 0 Å². The van der Waals surface area contributed by atoms with Crippen LogP contribution in [0.15, 0.2) is 0 Å². The Morgan fingerprint density at radius 1 is 1.35 bits per heavy atom. The number of carboxylic acids is 1. The Morgan fingerprint density at radius 2 is 1.94 bits per heavy atom. The Morgan fingerprint density at radius 3 is 2.35 bits per heavy atom. The van der Waals surface area contributed by atoms with Crippen molar-refractivity contribution < 1.29 is 14.7 Å². The minimum absolute atomic E-state index is 0.0621. The molecule has 0 aromatic rings. The number of aliphatic carboxylic acids is 1. The van der Waals surface area contributed by atoms with Gasteiger partial charge in [-0.05, 0) is 24.2 Å². The zero-order valence-electron chi connectivity index (χ0n) is 10.8. The van der Waals surface area contributed by atoms with Gasteiger partial charge in [0.1, 0.15) is 0 Å². The van der Waals surface area contributed by atoms with Crippen molar-refractivity contribution in [2.45, 2.75) is 33.6 Å². The van der Waals surface area contributed by atoms with Crippen molar-refractivity contribution in [3.8, 4) is 0 Å². The number of hydrogen-bond donors (Lipinski definition) is 1. The number of carbonyl (C=O) groups excluding carboxylic acids is 1. The van der Waals surface area contributed by atoms with E-state index in [-0.39, 0.29) is 29.1 Å². The molecule has 17 heavy (non-hydrogen) atoms. The van der Waals surface area contributed by atoms with Gasteiger partial charge in [0.25, 0.3) is 0 Å². The Balaban J connectivity index is 1.94. The van der Waals surface area contributed by atoms with Crippen LogP contribution in [0.2, 0.25) is 0 Å². The SMILES string of the molecule is CC1CN(C(=O)C2CC2(C)C)CCC1C(=O)O. The Hall–Kier alpha value is -1.06. The van der Waals surface area contributed by atoms with Crippen LogP contribution in [0.25, 0.3) is 0 Å². The van der Waals surface area contributed by atoms with Gasteiger partial charge in [0.2, 0.25) is 5.91 Å². The molecule has 1 saturated carbocycles. The van der Waals surface area contributed by atoms with Crippen LogP contribution in [0.4, 0.5) is 0 Å². The van der Waals surface area contributed by atoms with E-state index in [9.17, 15) is 9.59 Å². The van der Waals surface area contributed by atoms with Crippen molar-refractivity contribution in [1.82, 2.24) is 4.90 Å². The van der Waals surface area contributed by atoms with Crippen molar-refractivity contribution in [1.29, 1.82) is 0 Å². The molecule has 1 aliphatic heterocycles. The zero-order chi connectivity index (χ0) is 12.8. The molecular weight excluding hydrogens is 218 g/mol. The second kappa shape index (κ2) is 4.00. The van der Waals surface area contributed by atoms with Crippen LogP contribution in [0.1, 0.15) is 33.6 Å². The van der Waals surface area contributed by atoms with Gasteiger partial charge in [0.05, 0.1) is 5.92 Å². The van der Waals surface area contributed by atoms with Crippen molar-refractivity contribution in [3.05, 3.63) is 0 Å². The summed E-state index contributed by atoms with van der Waals surface area (Å²) < 4.78 is 0. The van der Waals surface area contributed by atoms with E-state index in [0.717, 1.165) is 6.42 Å². The predicted molar refractivity (Wildman–Crippen MR) is 63.4 cm³/mol. The molecule has 2 fully saturated rings. The monoisotopic (exact) mass is 239 g/mol. The molecule has 1 amide bonds. The summed E-state index contributed by atoms with van der Waals surface area (Å²) in [6, 6.07) is 0. The lowest BCUT2D eigenvalue weighted by Crippen LogP contribution is -2.45. The van der Waals surface area contributed by atoms with Gasteiger partial charge in [-0.1, -0.05) is 20.8 Å². The van der Waals surface area contributed by atoms with Crippen molar-refractivity contribution >= 4 is 11.9 Å². The molecule has 2 aliphatic rings. The minimum Gasteiger partial charge on any atom is -0.481 e. The average molecular weight is 239 g/mol. The highest BCUT2D eigenvalue weighted by atomic mass is 16.4. The fourth-order valence-electron chi connectivity index (χ4n) is 2.82. The highest BCUT2D eigenvalue weighted by Crippen LogP contribution is 2.52. The summed E-state index contributed by atoms with van der Waals surface area (Å²) in [5, 5.41) is 9.03. The second-order valence-electron chi connectivity index (χ2n) is 6.24. The van der Waals surface area contributed by atoms with E-state index in [1.54, 1.807) is 0 Å². The lowest BCUT2D eigenvalue weighted by molar-refractivity contribution is -0.148. The van der Waals surface area contributed by atoms with Crippen LogP contribution >= 0.6 is 0 Å². The largest absolute Gasteiger partial charge is 0.481 e. The first-order valence-corrected chi connectivity index (χ1v) is 6.34. The van der Waals surface area contributed by atoms with Gasteiger partial charge in [-0.25, -0.2) is 0 Å². The fraction of sp³-hybridized carbons (Fsp3) is 0.846. The number of carboxylic acid groups (broad SMARTS) is 1. The van der Waals surface area contributed by atoms with E-state index >= 15 is 0 Å². The number of rotatable bonds is 2. The lowest BCUT2D eigenvalue weighted by Gasteiger charge is -2.35. The number of carbonyl (C=O) groups is 2. The molecular formula is C13H21NO3. The summed E-state index contributed by atoms with van der Waals surface area (Å²) in [7, 11) is 0. The van der Waals surface area contributed by atoms with Crippen LogP contribution in [0.3, 0.4) is 0 Å². The topological polar surface area (TPSA) is 57.6 Å². The first-order chi connectivity index (χ1) is 7.83. The van der Waals surface area contributed by atoms with E-state index in [1.807, 2.05) is 11.8 Å². The Labute approximate surface area is 102 Å². The first kappa shape index (κ1) is 12.4. The summed E-state index contributed by atoms with van der Waals surface area (Å²) >= 11 is 0. The molecule has 4 heteroatoms. The number of amides is 1. The fourth-order valence-corrected chi connectivity index (χ4v) is 2.82. The number of piperidine rings is 1. The summed E-state index contributed by atoms with van der Waals surface area (Å²) in [5.74, 6) is -0.559. The zero-order valence-corrected chi connectivity index (χ0v) is 10.8. The molecule has 96 valence electrons. The molecule has 2 rings (SSSR count). The molecule has 1 heterocycles.